The first-order valence-corrected chi connectivity index (χ1v) is 8.32. The molecule has 0 atom stereocenters. The van der Waals surface area contributed by atoms with Crippen molar-refractivity contribution in [2.24, 2.45) is 0 Å². The van der Waals surface area contributed by atoms with Crippen LogP contribution in [0.4, 0.5) is 0 Å². The van der Waals surface area contributed by atoms with Crippen LogP contribution in [0.1, 0.15) is 46.0 Å². The second kappa shape index (κ2) is 6.85. The van der Waals surface area contributed by atoms with Crippen LogP contribution in [0.15, 0.2) is 17.4 Å². The van der Waals surface area contributed by atoms with Gasteiger partial charge in [0.25, 0.3) is 0 Å². The van der Waals surface area contributed by atoms with Gasteiger partial charge in [-0.2, -0.15) is 4.98 Å². The van der Waals surface area contributed by atoms with Crippen LogP contribution in [-0.2, 0) is 13.1 Å². The Bertz CT molecular complexity index is 821. The quantitative estimate of drug-likeness (QED) is 0.626. The maximum Gasteiger partial charge on any atom is 0.350 e. The zero-order chi connectivity index (χ0) is 16.2. The number of aromatic nitrogens is 6. The number of hydrogen-bond donors (Lipinski definition) is 0. The summed E-state index contributed by atoms with van der Waals surface area (Å²) in [4.78, 5) is 29.6. The monoisotopic (exact) mass is 314 g/mol. The van der Waals surface area contributed by atoms with Crippen molar-refractivity contribution in [3.63, 3.8) is 0 Å². The van der Waals surface area contributed by atoms with Crippen molar-refractivity contribution in [3.05, 3.63) is 23.1 Å². The zero-order valence-corrected chi connectivity index (χ0v) is 13.7. The van der Waals surface area contributed by atoms with Gasteiger partial charge in [-0.1, -0.05) is 33.1 Å². The number of fused-ring (bicyclic) bond motifs is 3. The number of unbranched alkanes of at least 4 members (excludes halogenated alkanes) is 3. The second-order valence-electron chi connectivity index (χ2n) is 5.76. The zero-order valence-electron chi connectivity index (χ0n) is 13.7. The van der Waals surface area contributed by atoms with Crippen molar-refractivity contribution in [1.82, 2.24) is 29.1 Å². The highest BCUT2D eigenvalue weighted by atomic mass is 16.1. The molecule has 1 aromatic heterocycles. The summed E-state index contributed by atoms with van der Waals surface area (Å²) in [6.07, 6.45) is 8.56. The van der Waals surface area contributed by atoms with Crippen LogP contribution in [0.2, 0.25) is 0 Å². The molecule has 1 aromatic rings. The maximum atomic E-state index is 12.2. The van der Waals surface area contributed by atoms with E-state index in [0.29, 0.717) is 23.6 Å². The predicted octanol–water partition coefficient (Wildman–Crippen LogP) is 2.48. The molecule has 23 heavy (non-hydrogen) atoms. The van der Waals surface area contributed by atoms with E-state index in [-0.39, 0.29) is 5.69 Å². The van der Waals surface area contributed by atoms with Gasteiger partial charge in [-0.15, -0.1) is 0 Å². The summed E-state index contributed by atoms with van der Waals surface area (Å²) >= 11 is 0. The van der Waals surface area contributed by atoms with E-state index in [1.54, 1.807) is 10.9 Å². The first-order valence-electron chi connectivity index (χ1n) is 8.32. The van der Waals surface area contributed by atoms with Crippen LogP contribution in [0.5, 0.6) is 0 Å². The fourth-order valence-corrected chi connectivity index (χ4v) is 2.74. The molecular formula is C16H22N6O. The Morgan fingerprint density at radius 3 is 2.61 bits per heavy atom. The van der Waals surface area contributed by atoms with Gasteiger partial charge in [-0.3, -0.25) is 4.57 Å². The van der Waals surface area contributed by atoms with Gasteiger partial charge in [0, 0.05) is 13.1 Å². The minimum Gasteiger partial charge on any atom is -0.315 e. The van der Waals surface area contributed by atoms with Gasteiger partial charge in [-0.25, -0.2) is 19.7 Å². The molecule has 2 aliphatic rings. The molecule has 2 aliphatic heterocycles. The third kappa shape index (κ3) is 2.95. The minimum atomic E-state index is -0.251. The van der Waals surface area contributed by atoms with Crippen LogP contribution < -0.4 is 5.69 Å². The average Bonchev–Trinajstić information content (AvgIpc) is 3.02. The number of nitrogens with zero attached hydrogens (tertiary/aromatic N) is 6. The largest absolute Gasteiger partial charge is 0.350 e. The molecule has 0 fully saturated rings. The Labute approximate surface area is 134 Å². The Morgan fingerprint density at radius 1 is 1.00 bits per heavy atom. The van der Waals surface area contributed by atoms with Gasteiger partial charge in [0.2, 0.25) is 0 Å². The molecule has 0 saturated heterocycles. The molecule has 3 heterocycles. The fourth-order valence-electron chi connectivity index (χ4n) is 2.74. The summed E-state index contributed by atoms with van der Waals surface area (Å²) in [7, 11) is 0. The smallest absolute Gasteiger partial charge is 0.315 e. The molecular weight excluding hydrogens is 292 g/mol. The highest BCUT2D eigenvalue weighted by molar-refractivity contribution is 5.84. The molecule has 0 unspecified atom stereocenters. The topological polar surface area (TPSA) is 78.5 Å². The average molecular weight is 314 g/mol. The minimum absolute atomic E-state index is 0.251. The van der Waals surface area contributed by atoms with Crippen LogP contribution in [0.3, 0.4) is 0 Å². The first kappa shape index (κ1) is 15.6. The molecule has 0 N–H and O–H groups in total. The molecule has 0 aliphatic carbocycles. The normalized spacial score (nSPS) is 11.6. The van der Waals surface area contributed by atoms with Crippen LogP contribution in [-0.4, -0.2) is 29.1 Å². The van der Waals surface area contributed by atoms with E-state index in [1.807, 2.05) is 4.57 Å². The molecule has 7 nitrogen and oxygen atoms in total. The summed E-state index contributed by atoms with van der Waals surface area (Å²) < 4.78 is 3.64. The van der Waals surface area contributed by atoms with Gasteiger partial charge in [-0.05, 0) is 12.8 Å². The van der Waals surface area contributed by atoms with Gasteiger partial charge in [0.15, 0.2) is 11.5 Å². The Morgan fingerprint density at radius 2 is 1.83 bits per heavy atom. The van der Waals surface area contributed by atoms with Gasteiger partial charge in [0.1, 0.15) is 17.5 Å². The van der Waals surface area contributed by atoms with Crippen LogP contribution in [0.25, 0.3) is 22.7 Å². The summed E-state index contributed by atoms with van der Waals surface area (Å²) in [5, 5.41) is 0. The van der Waals surface area contributed by atoms with E-state index in [1.165, 1.54) is 6.33 Å². The lowest BCUT2D eigenvalue weighted by Gasteiger charge is -2.01. The van der Waals surface area contributed by atoms with Crippen molar-refractivity contribution in [2.45, 2.75) is 59.0 Å². The Hall–Kier alpha value is -2.31. The number of imidazole rings is 2. The van der Waals surface area contributed by atoms with Gasteiger partial charge in [0.05, 0.1) is 6.33 Å². The van der Waals surface area contributed by atoms with Gasteiger partial charge < -0.3 is 4.57 Å². The van der Waals surface area contributed by atoms with E-state index in [4.69, 9.17) is 0 Å². The first-order chi connectivity index (χ1) is 11.3. The van der Waals surface area contributed by atoms with Crippen molar-refractivity contribution < 1.29 is 0 Å². The third-order valence-corrected chi connectivity index (χ3v) is 4.04. The Balaban J connectivity index is 2.05. The van der Waals surface area contributed by atoms with Crippen molar-refractivity contribution in [3.8, 4) is 11.5 Å². The molecule has 0 amide bonds. The lowest BCUT2D eigenvalue weighted by Crippen LogP contribution is -2.17. The van der Waals surface area contributed by atoms with E-state index < -0.39 is 0 Å². The van der Waals surface area contributed by atoms with Crippen molar-refractivity contribution in [1.29, 1.82) is 0 Å². The van der Waals surface area contributed by atoms with Crippen molar-refractivity contribution >= 4 is 11.2 Å². The molecule has 0 radical (unpaired) electrons. The van der Waals surface area contributed by atoms with Crippen LogP contribution >= 0.6 is 0 Å². The number of hydrogen-bond acceptors (Lipinski definition) is 5. The summed E-state index contributed by atoms with van der Waals surface area (Å²) in [6, 6.07) is 0. The standard InChI is InChI=1S/C16H22N6O/c1-3-5-7-9-22-15-13(20-16(22)23)12-14(17-10-18-15)21(11-19-12)8-6-4-2/h10-11H,3-9H2,1-2H3. The van der Waals surface area contributed by atoms with E-state index >= 15 is 0 Å². The summed E-state index contributed by atoms with van der Waals surface area (Å²) in [6.45, 7) is 5.78. The number of rotatable bonds is 7. The molecule has 0 aromatic carbocycles. The van der Waals surface area contributed by atoms with E-state index in [9.17, 15) is 4.79 Å². The lowest BCUT2D eigenvalue weighted by molar-refractivity contribution is 0.589. The Kier molecular flexibility index (Phi) is 4.64. The third-order valence-electron chi connectivity index (χ3n) is 4.04. The van der Waals surface area contributed by atoms with E-state index in [2.05, 4.69) is 33.8 Å². The summed E-state index contributed by atoms with van der Waals surface area (Å²) in [5.74, 6) is 0.578. The van der Waals surface area contributed by atoms with Gasteiger partial charge >= 0.3 is 5.69 Å². The predicted molar refractivity (Wildman–Crippen MR) is 88.4 cm³/mol. The highest BCUT2D eigenvalue weighted by Crippen LogP contribution is 2.22. The van der Waals surface area contributed by atoms with E-state index in [0.717, 1.165) is 44.3 Å². The molecule has 0 saturated carbocycles. The molecule has 0 spiro atoms. The SMILES string of the molecule is CCCCCn1c2ncnc3c(ncn3CCCC)c-2nc1=O. The van der Waals surface area contributed by atoms with Crippen molar-refractivity contribution in [2.75, 3.05) is 0 Å². The number of aryl methyl sites for hydroxylation is 1. The molecule has 7 heteroatoms. The highest BCUT2D eigenvalue weighted by Gasteiger charge is 2.20. The fraction of sp³-hybridized carbons (Fsp3) is 0.562. The second-order valence-corrected chi connectivity index (χ2v) is 5.76. The molecule has 0 bridgehead atoms. The van der Waals surface area contributed by atoms with Crippen LogP contribution in [0, 0.1) is 0 Å². The summed E-state index contributed by atoms with van der Waals surface area (Å²) in [5.41, 5.74) is 1.69. The molecule has 3 rings (SSSR count). The molecule has 122 valence electrons. The lowest BCUT2D eigenvalue weighted by atomic mass is 10.2. The maximum absolute atomic E-state index is 12.2.